The van der Waals surface area contributed by atoms with Crippen molar-refractivity contribution in [1.82, 2.24) is 14.9 Å². The van der Waals surface area contributed by atoms with Gasteiger partial charge in [0.2, 0.25) is 0 Å². The summed E-state index contributed by atoms with van der Waals surface area (Å²) in [6.07, 6.45) is 4.32. The molecule has 26 heavy (non-hydrogen) atoms. The molecule has 0 saturated carbocycles. The predicted octanol–water partition coefficient (Wildman–Crippen LogP) is 4.28. The van der Waals surface area contributed by atoms with Gasteiger partial charge in [0.05, 0.1) is 21.6 Å². The van der Waals surface area contributed by atoms with Crippen molar-refractivity contribution in [3.05, 3.63) is 58.7 Å². The zero-order valence-corrected chi connectivity index (χ0v) is 15.4. The Balaban J connectivity index is 1.60. The van der Waals surface area contributed by atoms with Gasteiger partial charge < -0.3 is 15.2 Å². The first kappa shape index (κ1) is 17.1. The molecule has 2 aromatic heterocycles. The van der Waals surface area contributed by atoms with E-state index in [0.717, 1.165) is 37.0 Å². The number of H-pyrrole nitrogens is 1. The van der Waals surface area contributed by atoms with E-state index in [4.69, 9.17) is 16.6 Å². The van der Waals surface area contributed by atoms with Gasteiger partial charge in [0.25, 0.3) is 5.91 Å². The second kappa shape index (κ2) is 7.09. The summed E-state index contributed by atoms with van der Waals surface area (Å²) < 4.78 is 0. The Morgan fingerprint density at radius 1 is 1.23 bits per heavy atom. The number of pyridine rings is 1. The molecule has 1 aliphatic rings. The van der Waals surface area contributed by atoms with E-state index in [1.807, 2.05) is 12.1 Å². The minimum Gasteiger partial charge on any atom is -0.360 e. The number of aromatic nitrogens is 2. The maximum absolute atomic E-state index is 12.5. The van der Waals surface area contributed by atoms with E-state index >= 15 is 0 Å². The van der Waals surface area contributed by atoms with E-state index in [2.05, 4.69) is 28.4 Å². The molecule has 1 aromatic carbocycles. The van der Waals surface area contributed by atoms with Gasteiger partial charge in [-0.25, -0.2) is 4.98 Å². The fraction of sp³-hybridized carbons (Fsp3) is 0.300. The van der Waals surface area contributed by atoms with Gasteiger partial charge in [-0.15, -0.1) is 0 Å². The fourth-order valence-corrected chi connectivity index (χ4v) is 3.77. The largest absolute Gasteiger partial charge is 0.360 e. The third-order valence-corrected chi connectivity index (χ3v) is 5.40. The van der Waals surface area contributed by atoms with Crippen LogP contribution in [0, 0.1) is 0 Å². The number of aromatic amines is 1. The van der Waals surface area contributed by atoms with Crippen molar-refractivity contribution < 1.29 is 4.79 Å². The number of amides is 1. The molecule has 5 nitrogen and oxygen atoms in total. The van der Waals surface area contributed by atoms with Crippen molar-refractivity contribution in [2.45, 2.75) is 18.8 Å². The van der Waals surface area contributed by atoms with E-state index in [1.54, 1.807) is 24.3 Å². The quantitative estimate of drug-likeness (QED) is 0.725. The van der Waals surface area contributed by atoms with Crippen LogP contribution >= 0.6 is 11.6 Å². The molecule has 0 radical (unpaired) electrons. The van der Waals surface area contributed by atoms with Crippen LogP contribution in [-0.4, -0.2) is 40.9 Å². The van der Waals surface area contributed by atoms with Crippen molar-refractivity contribution in [2.24, 2.45) is 0 Å². The Kier molecular flexibility index (Phi) is 4.66. The molecule has 3 aromatic rings. The van der Waals surface area contributed by atoms with Gasteiger partial charge in [-0.05, 0) is 68.7 Å². The highest BCUT2D eigenvalue weighted by Gasteiger charge is 2.22. The molecular weight excluding hydrogens is 348 g/mol. The molecule has 3 heterocycles. The molecule has 0 atom stereocenters. The average Bonchev–Trinajstić information content (AvgIpc) is 3.06. The molecule has 0 bridgehead atoms. The smallest absolute Gasteiger partial charge is 0.258 e. The van der Waals surface area contributed by atoms with Gasteiger partial charge in [-0.2, -0.15) is 0 Å². The van der Waals surface area contributed by atoms with E-state index in [9.17, 15) is 4.79 Å². The molecule has 0 aliphatic carbocycles. The number of nitrogens with one attached hydrogen (secondary N) is 2. The Labute approximate surface area is 157 Å². The van der Waals surface area contributed by atoms with Gasteiger partial charge in [0.1, 0.15) is 5.82 Å². The summed E-state index contributed by atoms with van der Waals surface area (Å²) in [6, 6.07) is 10.8. The van der Waals surface area contributed by atoms with Crippen LogP contribution < -0.4 is 5.32 Å². The zero-order chi connectivity index (χ0) is 18.1. The van der Waals surface area contributed by atoms with Gasteiger partial charge in [0, 0.05) is 6.20 Å². The van der Waals surface area contributed by atoms with Crippen LogP contribution in [0.15, 0.2) is 42.6 Å². The van der Waals surface area contributed by atoms with Crippen LogP contribution in [0.3, 0.4) is 0 Å². The number of carbonyl (C=O) groups is 1. The lowest BCUT2D eigenvalue weighted by atomic mass is 9.91. The van der Waals surface area contributed by atoms with Crippen LogP contribution in [0.1, 0.15) is 34.7 Å². The maximum Gasteiger partial charge on any atom is 0.258 e. The standard InChI is InChI=1S/C20H21ClN4O/c1-25-10-8-13(9-11-25)15-12-22-17-6-7-18(23-19(15)17)24-20(26)14-4-2-3-5-16(14)21/h2-7,12-13,22H,8-11H2,1H3,(H,23,24,26). The summed E-state index contributed by atoms with van der Waals surface area (Å²) in [5.74, 6) is 0.789. The molecule has 134 valence electrons. The van der Waals surface area contributed by atoms with Crippen LogP contribution in [0.2, 0.25) is 5.02 Å². The number of likely N-dealkylation sites (tertiary alicyclic amines) is 1. The SMILES string of the molecule is CN1CCC(c2c[nH]c3ccc(NC(=O)c4ccccc4Cl)nc23)CC1. The number of nitrogens with zero attached hydrogens (tertiary/aromatic N) is 2. The second-order valence-corrected chi connectivity index (χ2v) is 7.26. The molecule has 1 aliphatic heterocycles. The average molecular weight is 369 g/mol. The maximum atomic E-state index is 12.5. The Hall–Kier alpha value is -2.37. The summed E-state index contributed by atoms with van der Waals surface area (Å²) in [6.45, 7) is 2.19. The number of halogens is 1. The lowest BCUT2D eigenvalue weighted by Gasteiger charge is -2.28. The number of anilines is 1. The van der Waals surface area contributed by atoms with Crippen LogP contribution in [0.5, 0.6) is 0 Å². The van der Waals surface area contributed by atoms with Crippen LogP contribution in [-0.2, 0) is 0 Å². The molecule has 1 fully saturated rings. The van der Waals surface area contributed by atoms with Crippen molar-refractivity contribution in [2.75, 3.05) is 25.5 Å². The number of carbonyl (C=O) groups excluding carboxylic acids is 1. The second-order valence-electron chi connectivity index (χ2n) is 6.85. The number of piperidine rings is 1. The number of hydrogen-bond acceptors (Lipinski definition) is 3. The lowest BCUT2D eigenvalue weighted by Crippen LogP contribution is -2.29. The number of rotatable bonds is 3. The third-order valence-electron chi connectivity index (χ3n) is 5.07. The summed E-state index contributed by atoms with van der Waals surface area (Å²) in [4.78, 5) is 22.9. The first-order valence-corrected chi connectivity index (χ1v) is 9.22. The fourth-order valence-electron chi connectivity index (χ4n) is 3.55. The Morgan fingerprint density at radius 3 is 2.77 bits per heavy atom. The normalized spacial score (nSPS) is 16.1. The van der Waals surface area contributed by atoms with Gasteiger partial charge in [-0.3, -0.25) is 4.79 Å². The predicted molar refractivity (Wildman–Crippen MR) is 105 cm³/mol. The minimum absolute atomic E-state index is 0.251. The molecule has 0 unspecified atom stereocenters. The minimum atomic E-state index is -0.251. The molecule has 4 rings (SSSR count). The monoisotopic (exact) mass is 368 g/mol. The Morgan fingerprint density at radius 2 is 2.00 bits per heavy atom. The van der Waals surface area contributed by atoms with E-state index in [1.165, 1.54) is 5.56 Å². The highest BCUT2D eigenvalue weighted by Crippen LogP contribution is 2.32. The van der Waals surface area contributed by atoms with E-state index in [0.29, 0.717) is 22.3 Å². The Bertz CT molecular complexity index is 944. The topological polar surface area (TPSA) is 61.0 Å². The first-order chi connectivity index (χ1) is 12.6. The van der Waals surface area contributed by atoms with Crippen molar-refractivity contribution in [3.8, 4) is 0 Å². The first-order valence-electron chi connectivity index (χ1n) is 8.84. The molecule has 0 spiro atoms. The van der Waals surface area contributed by atoms with Crippen molar-refractivity contribution in [1.29, 1.82) is 0 Å². The summed E-state index contributed by atoms with van der Waals surface area (Å²) in [5, 5.41) is 3.29. The number of hydrogen-bond donors (Lipinski definition) is 2. The molecular formula is C20H21ClN4O. The summed E-state index contributed by atoms with van der Waals surface area (Å²) in [5.41, 5.74) is 3.62. The van der Waals surface area contributed by atoms with Gasteiger partial charge in [0.15, 0.2) is 0 Å². The molecule has 6 heteroatoms. The third kappa shape index (κ3) is 3.32. The molecule has 2 N–H and O–H groups in total. The molecule has 1 saturated heterocycles. The summed E-state index contributed by atoms with van der Waals surface area (Å²) in [7, 11) is 2.16. The van der Waals surface area contributed by atoms with Crippen molar-refractivity contribution in [3.63, 3.8) is 0 Å². The number of fused-ring (bicyclic) bond motifs is 1. The van der Waals surface area contributed by atoms with Crippen LogP contribution in [0.4, 0.5) is 5.82 Å². The zero-order valence-electron chi connectivity index (χ0n) is 14.6. The van der Waals surface area contributed by atoms with Gasteiger partial charge in [-0.1, -0.05) is 23.7 Å². The van der Waals surface area contributed by atoms with Gasteiger partial charge >= 0.3 is 0 Å². The lowest BCUT2D eigenvalue weighted by molar-refractivity contribution is 0.102. The van der Waals surface area contributed by atoms with E-state index in [-0.39, 0.29) is 5.91 Å². The van der Waals surface area contributed by atoms with Crippen LogP contribution in [0.25, 0.3) is 11.0 Å². The van der Waals surface area contributed by atoms with Crippen molar-refractivity contribution >= 4 is 34.4 Å². The molecule has 1 amide bonds. The number of benzene rings is 1. The highest BCUT2D eigenvalue weighted by atomic mass is 35.5. The summed E-state index contributed by atoms with van der Waals surface area (Å²) >= 11 is 6.11. The highest BCUT2D eigenvalue weighted by molar-refractivity contribution is 6.34. The van der Waals surface area contributed by atoms with E-state index < -0.39 is 0 Å².